The minimum atomic E-state index is -0.461. The van der Waals surface area contributed by atoms with E-state index in [9.17, 15) is 9.59 Å². The summed E-state index contributed by atoms with van der Waals surface area (Å²) in [4.78, 5) is 26.8. The van der Waals surface area contributed by atoms with Crippen LogP contribution in [0.1, 0.15) is 16.8 Å². The van der Waals surface area contributed by atoms with E-state index >= 15 is 0 Å². The second-order valence-corrected chi connectivity index (χ2v) is 6.77. The van der Waals surface area contributed by atoms with Crippen LogP contribution in [0.25, 0.3) is 11.5 Å². The third-order valence-electron chi connectivity index (χ3n) is 3.95. The second-order valence-electron chi connectivity index (χ2n) is 5.85. The normalized spacial score (nSPS) is 10.4. The van der Waals surface area contributed by atoms with Crippen molar-refractivity contribution in [3.05, 3.63) is 52.8 Å². The van der Waals surface area contributed by atoms with Gasteiger partial charge in [0.25, 0.3) is 0 Å². The van der Waals surface area contributed by atoms with Gasteiger partial charge in [0.15, 0.2) is 5.82 Å². The fourth-order valence-corrected chi connectivity index (χ4v) is 2.99. The van der Waals surface area contributed by atoms with Crippen molar-refractivity contribution in [2.24, 2.45) is 0 Å². The van der Waals surface area contributed by atoms with Crippen LogP contribution >= 0.6 is 15.9 Å². The Labute approximate surface area is 175 Å². The Morgan fingerprint density at radius 1 is 1.31 bits per heavy atom. The molecule has 0 fully saturated rings. The zero-order valence-electron chi connectivity index (χ0n) is 15.5. The Hall–Kier alpha value is -3.27. The van der Waals surface area contributed by atoms with Gasteiger partial charge in [0.2, 0.25) is 6.41 Å². The largest absolute Gasteiger partial charge is 0.493 e. The van der Waals surface area contributed by atoms with Gasteiger partial charge in [0, 0.05) is 11.0 Å². The summed E-state index contributed by atoms with van der Waals surface area (Å²) in [6.45, 7) is 0.961. The number of anilines is 1. The number of carbonyl (C=O) groups excluding carboxylic acids is 2. The number of carbonyl (C=O) groups is 2. The van der Waals surface area contributed by atoms with E-state index in [4.69, 9.17) is 9.47 Å². The predicted molar refractivity (Wildman–Crippen MR) is 109 cm³/mol. The number of amides is 1. The third-order valence-corrected chi connectivity index (χ3v) is 4.44. The van der Waals surface area contributed by atoms with E-state index in [1.165, 1.54) is 7.11 Å². The molecule has 3 aromatic rings. The maximum absolute atomic E-state index is 11.9. The van der Waals surface area contributed by atoms with E-state index in [0.29, 0.717) is 54.6 Å². The quantitative estimate of drug-likeness (QED) is 0.297. The lowest BCUT2D eigenvalue weighted by Crippen LogP contribution is -2.09. The minimum absolute atomic E-state index is 0.357. The highest BCUT2D eigenvalue weighted by atomic mass is 79.9. The Morgan fingerprint density at radius 3 is 2.97 bits per heavy atom. The molecule has 150 valence electrons. The molecule has 29 heavy (non-hydrogen) atoms. The van der Waals surface area contributed by atoms with Crippen molar-refractivity contribution < 1.29 is 19.1 Å². The van der Waals surface area contributed by atoms with E-state index in [1.807, 2.05) is 4.57 Å². The van der Waals surface area contributed by atoms with Crippen molar-refractivity contribution in [2.75, 3.05) is 19.0 Å². The molecule has 0 spiro atoms. The maximum atomic E-state index is 11.9. The number of halogens is 1. The molecule has 10 heteroatoms. The number of aromatic nitrogens is 4. The van der Waals surface area contributed by atoms with Crippen LogP contribution in [-0.2, 0) is 16.1 Å². The smallest absolute Gasteiger partial charge is 0.341 e. The van der Waals surface area contributed by atoms with Crippen LogP contribution in [0.2, 0.25) is 0 Å². The van der Waals surface area contributed by atoms with Crippen LogP contribution in [0.5, 0.6) is 5.75 Å². The number of nitrogens with zero attached hydrogens (tertiary/aromatic N) is 4. The zero-order valence-corrected chi connectivity index (χ0v) is 17.1. The summed E-state index contributed by atoms with van der Waals surface area (Å²) in [5, 5.41) is 10.6. The average Bonchev–Trinajstić information content (AvgIpc) is 3.20. The molecule has 1 amide bonds. The third kappa shape index (κ3) is 5.17. The number of methoxy groups -OCH3 is 1. The van der Waals surface area contributed by atoms with Gasteiger partial charge in [0.1, 0.15) is 29.2 Å². The van der Waals surface area contributed by atoms with Gasteiger partial charge in [-0.3, -0.25) is 4.79 Å². The van der Waals surface area contributed by atoms with Crippen LogP contribution in [-0.4, -0.2) is 45.8 Å². The Morgan fingerprint density at radius 2 is 2.17 bits per heavy atom. The molecule has 0 aliphatic carbocycles. The highest BCUT2D eigenvalue weighted by Crippen LogP contribution is 2.24. The lowest BCUT2D eigenvalue weighted by Gasteiger charge is -2.11. The molecule has 0 radical (unpaired) electrons. The summed E-state index contributed by atoms with van der Waals surface area (Å²) in [5.74, 6) is 1.01. The molecule has 3 rings (SSSR count). The van der Waals surface area contributed by atoms with Gasteiger partial charge in [-0.2, -0.15) is 0 Å². The first-order chi connectivity index (χ1) is 14.1. The van der Waals surface area contributed by atoms with E-state index in [2.05, 4.69) is 36.4 Å². The van der Waals surface area contributed by atoms with E-state index in [0.717, 1.165) is 4.47 Å². The molecule has 0 aliphatic heterocycles. The lowest BCUT2D eigenvalue weighted by atomic mass is 10.2. The Kier molecular flexibility index (Phi) is 6.90. The van der Waals surface area contributed by atoms with Crippen molar-refractivity contribution in [2.45, 2.75) is 13.0 Å². The Bertz CT molecular complexity index is 1010. The van der Waals surface area contributed by atoms with Crippen LogP contribution in [0, 0.1) is 0 Å². The molecular formula is C19H18BrN5O4. The maximum Gasteiger partial charge on any atom is 0.341 e. The van der Waals surface area contributed by atoms with Crippen LogP contribution in [0.3, 0.4) is 0 Å². The van der Waals surface area contributed by atoms with Crippen LogP contribution < -0.4 is 10.1 Å². The molecule has 1 aromatic carbocycles. The highest BCUT2D eigenvalue weighted by molar-refractivity contribution is 9.10. The van der Waals surface area contributed by atoms with E-state index in [1.54, 1.807) is 42.7 Å². The first-order valence-electron chi connectivity index (χ1n) is 8.68. The van der Waals surface area contributed by atoms with Crippen LogP contribution in [0.15, 0.2) is 47.2 Å². The fourth-order valence-electron chi connectivity index (χ4n) is 2.63. The number of pyridine rings is 1. The summed E-state index contributed by atoms with van der Waals surface area (Å²) in [6.07, 6.45) is 2.82. The number of ether oxygens (including phenoxy) is 2. The first-order valence-corrected chi connectivity index (χ1v) is 9.47. The molecule has 0 saturated heterocycles. The van der Waals surface area contributed by atoms with E-state index < -0.39 is 5.97 Å². The molecule has 0 unspecified atom stereocenters. The van der Waals surface area contributed by atoms with Crippen molar-refractivity contribution in [3.8, 4) is 17.3 Å². The number of aryl methyl sites for hydroxylation is 1. The summed E-state index contributed by atoms with van der Waals surface area (Å²) in [7, 11) is 1.33. The topological polar surface area (TPSA) is 108 Å². The van der Waals surface area contributed by atoms with E-state index in [-0.39, 0.29) is 0 Å². The molecule has 2 aromatic heterocycles. The van der Waals surface area contributed by atoms with Gasteiger partial charge < -0.3 is 19.4 Å². The van der Waals surface area contributed by atoms with Crippen molar-refractivity contribution in [1.82, 2.24) is 19.7 Å². The zero-order chi connectivity index (χ0) is 20.6. The van der Waals surface area contributed by atoms with Crippen molar-refractivity contribution in [1.29, 1.82) is 0 Å². The Balaban J connectivity index is 1.63. The lowest BCUT2D eigenvalue weighted by molar-refractivity contribution is -0.105. The standard InChI is InChI=1S/C19H18BrN5O4/c1-28-19(27)14-10-13(20)6-7-16(14)29-9-3-8-25-11-22-24-18(25)15-4-2-5-17(23-15)21-12-26/h2,4-7,10-12H,3,8-9H2,1H3,(H,21,23,26). The predicted octanol–water partition coefficient (Wildman–Crippen LogP) is 2.93. The van der Waals surface area contributed by atoms with Crippen LogP contribution in [0.4, 0.5) is 5.82 Å². The molecular weight excluding hydrogens is 442 g/mol. The molecule has 9 nitrogen and oxygen atoms in total. The van der Waals surface area contributed by atoms with Gasteiger partial charge in [-0.1, -0.05) is 22.0 Å². The monoisotopic (exact) mass is 459 g/mol. The second kappa shape index (κ2) is 9.78. The average molecular weight is 460 g/mol. The molecule has 0 saturated carbocycles. The summed E-state index contributed by atoms with van der Waals surface area (Å²) in [6, 6.07) is 10.4. The number of benzene rings is 1. The highest BCUT2D eigenvalue weighted by Gasteiger charge is 2.14. The molecule has 0 aliphatic rings. The van der Waals surface area contributed by atoms with Crippen molar-refractivity contribution >= 4 is 34.1 Å². The van der Waals surface area contributed by atoms with Gasteiger partial charge in [0.05, 0.1) is 13.7 Å². The molecule has 1 N–H and O–H groups in total. The molecule has 2 heterocycles. The van der Waals surface area contributed by atoms with Gasteiger partial charge in [-0.25, -0.2) is 9.78 Å². The summed E-state index contributed by atoms with van der Waals surface area (Å²) in [5.41, 5.74) is 0.951. The fraction of sp³-hybridized carbons (Fsp3) is 0.211. The van der Waals surface area contributed by atoms with Gasteiger partial charge in [-0.05, 0) is 36.8 Å². The number of esters is 1. The summed E-state index contributed by atoms with van der Waals surface area (Å²) >= 11 is 3.34. The molecule has 0 bridgehead atoms. The number of rotatable bonds is 9. The van der Waals surface area contributed by atoms with Gasteiger partial charge in [-0.15, -0.1) is 10.2 Å². The minimum Gasteiger partial charge on any atom is -0.493 e. The number of hydrogen-bond donors (Lipinski definition) is 1. The number of nitrogens with one attached hydrogen (secondary N) is 1. The summed E-state index contributed by atoms with van der Waals surface area (Å²) < 4.78 is 13.2. The van der Waals surface area contributed by atoms with Crippen molar-refractivity contribution in [3.63, 3.8) is 0 Å². The first kappa shape index (κ1) is 20.5. The molecule has 0 atom stereocenters. The SMILES string of the molecule is COC(=O)c1cc(Br)ccc1OCCCn1cnnc1-c1cccc(NC=O)n1. The number of hydrogen-bond acceptors (Lipinski definition) is 7. The van der Waals surface area contributed by atoms with Gasteiger partial charge >= 0.3 is 5.97 Å².